The lowest BCUT2D eigenvalue weighted by Crippen LogP contribution is -1.84. The summed E-state index contributed by atoms with van der Waals surface area (Å²) in [7, 11) is 0. The molecule has 0 aliphatic heterocycles. The van der Waals surface area contributed by atoms with Gasteiger partial charge in [0.25, 0.3) is 0 Å². The summed E-state index contributed by atoms with van der Waals surface area (Å²) in [6.45, 7) is 3.77. The van der Waals surface area contributed by atoms with Gasteiger partial charge in [0.1, 0.15) is 6.29 Å². The summed E-state index contributed by atoms with van der Waals surface area (Å²) in [5.74, 6) is 0. The Kier molecular flexibility index (Phi) is 22.9. The third-order valence-electron chi connectivity index (χ3n) is 5.23. The molecule has 0 aromatic heterocycles. The number of hydrogen-bond acceptors (Lipinski definition) is 1. The Balaban J connectivity index is 2.96. The Morgan fingerprint density at radius 3 is 0.880 bits per heavy atom. The van der Waals surface area contributed by atoms with Crippen molar-refractivity contribution < 1.29 is 4.79 Å². The van der Waals surface area contributed by atoms with Gasteiger partial charge in [-0.1, -0.05) is 115 Å². The Hall–Kier alpha value is -0.590. The molecule has 0 unspecified atom stereocenters. The van der Waals surface area contributed by atoms with Crippen molar-refractivity contribution >= 4 is 6.29 Å². The predicted octanol–water partition coefficient (Wildman–Crippen LogP) is 8.56. The van der Waals surface area contributed by atoms with Gasteiger partial charge in [-0.3, -0.25) is 0 Å². The topological polar surface area (TPSA) is 17.1 Å². The van der Waals surface area contributed by atoms with Crippen LogP contribution in [0.5, 0.6) is 0 Å². The Morgan fingerprint density at radius 2 is 0.640 bits per heavy atom. The Morgan fingerprint density at radius 1 is 0.400 bits per heavy atom. The lowest BCUT2D eigenvalue weighted by Gasteiger charge is -2.04. The van der Waals surface area contributed by atoms with Crippen molar-refractivity contribution in [3.05, 3.63) is 12.7 Å². The molecule has 1 nitrogen and oxygen atoms in total. The van der Waals surface area contributed by atoms with E-state index in [0.717, 1.165) is 19.1 Å². The van der Waals surface area contributed by atoms with Crippen LogP contribution in [0.1, 0.15) is 135 Å². The summed E-state index contributed by atoms with van der Waals surface area (Å²) in [6, 6.07) is 0. The van der Waals surface area contributed by atoms with Gasteiger partial charge in [-0.25, -0.2) is 0 Å². The van der Waals surface area contributed by atoms with Crippen LogP contribution in [0.2, 0.25) is 0 Å². The van der Waals surface area contributed by atoms with Gasteiger partial charge < -0.3 is 4.79 Å². The molecule has 0 amide bonds. The molecule has 0 rings (SSSR count). The minimum absolute atomic E-state index is 0.760. The summed E-state index contributed by atoms with van der Waals surface area (Å²) in [5.41, 5.74) is 0. The zero-order valence-corrected chi connectivity index (χ0v) is 17.1. The number of unbranched alkanes of at least 4 members (excludes halogenated alkanes) is 20. The molecule has 25 heavy (non-hydrogen) atoms. The van der Waals surface area contributed by atoms with E-state index in [-0.39, 0.29) is 0 Å². The minimum atomic E-state index is 0.760. The first-order chi connectivity index (χ1) is 12.4. The van der Waals surface area contributed by atoms with Crippen LogP contribution in [0.3, 0.4) is 0 Å². The first-order valence-electron chi connectivity index (χ1n) is 11.5. The summed E-state index contributed by atoms with van der Waals surface area (Å²) in [5, 5.41) is 0. The molecule has 0 aromatic carbocycles. The van der Waals surface area contributed by atoms with Gasteiger partial charge >= 0.3 is 0 Å². The van der Waals surface area contributed by atoms with E-state index in [1.165, 1.54) is 122 Å². The van der Waals surface area contributed by atoms with Crippen LogP contribution >= 0.6 is 0 Å². The van der Waals surface area contributed by atoms with Crippen LogP contribution < -0.4 is 0 Å². The zero-order chi connectivity index (χ0) is 18.3. The van der Waals surface area contributed by atoms with Crippen molar-refractivity contribution in [3.63, 3.8) is 0 Å². The highest BCUT2D eigenvalue weighted by molar-refractivity contribution is 5.48. The lowest BCUT2D eigenvalue weighted by atomic mass is 10.0. The molecule has 1 heteroatoms. The molecule has 0 aliphatic rings. The molecule has 0 saturated heterocycles. The molecular weight excluding hydrogens is 304 g/mol. The average Bonchev–Trinajstić information content (AvgIpc) is 2.63. The molecule has 148 valence electrons. The van der Waals surface area contributed by atoms with E-state index in [9.17, 15) is 4.79 Å². The quantitative estimate of drug-likeness (QED) is 0.108. The second-order valence-electron chi connectivity index (χ2n) is 7.75. The fourth-order valence-corrected chi connectivity index (χ4v) is 3.52. The number of carbonyl (C=O) groups excluding carboxylic acids is 1. The zero-order valence-electron chi connectivity index (χ0n) is 17.1. The van der Waals surface area contributed by atoms with Crippen molar-refractivity contribution in [2.24, 2.45) is 0 Å². The van der Waals surface area contributed by atoms with E-state index in [1.54, 1.807) is 0 Å². The molecule has 0 fully saturated rings. The van der Waals surface area contributed by atoms with Crippen LogP contribution in [0.4, 0.5) is 0 Å². The minimum Gasteiger partial charge on any atom is -0.303 e. The smallest absolute Gasteiger partial charge is 0.119 e. The second-order valence-corrected chi connectivity index (χ2v) is 7.75. The highest BCUT2D eigenvalue weighted by Crippen LogP contribution is 2.14. The second kappa shape index (κ2) is 23.4. The molecular formula is C24H46O. The van der Waals surface area contributed by atoms with Gasteiger partial charge in [0.15, 0.2) is 0 Å². The van der Waals surface area contributed by atoms with E-state index in [2.05, 4.69) is 6.58 Å². The lowest BCUT2D eigenvalue weighted by molar-refractivity contribution is -0.107. The third-order valence-corrected chi connectivity index (χ3v) is 5.23. The number of hydrogen-bond donors (Lipinski definition) is 0. The van der Waals surface area contributed by atoms with Gasteiger partial charge in [0.05, 0.1) is 0 Å². The first kappa shape index (κ1) is 24.4. The van der Waals surface area contributed by atoms with E-state index >= 15 is 0 Å². The summed E-state index contributed by atoms with van der Waals surface area (Å²) in [6.07, 6.45) is 31.5. The van der Waals surface area contributed by atoms with Gasteiger partial charge in [-0.15, -0.1) is 6.58 Å². The fraction of sp³-hybridized carbons (Fsp3) is 0.875. The van der Waals surface area contributed by atoms with Crippen molar-refractivity contribution in [2.45, 2.75) is 135 Å². The Bertz CT molecular complexity index is 233. The first-order valence-corrected chi connectivity index (χ1v) is 11.5. The van der Waals surface area contributed by atoms with Crippen LogP contribution in [-0.4, -0.2) is 6.29 Å². The molecule has 0 aliphatic carbocycles. The van der Waals surface area contributed by atoms with Crippen LogP contribution in [0.25, 0.3) is 0 Å². The standard InChI is InChI=1S/C24H46O/c1-2-3-4-5-6-7-8-9-10-11-12-13-14-15-16-17-18-19-20-21-22-23-24-25/h2,24H,1,3-23H2. The summed E-state index contributed by atoms with van der Waals surface area (Å²) >= 11 is 0. The maximum Gasteiger partial charge on any atom is 0.119 e. The summed E-state index contributed by atoms with van der Waals surface area (Å²) < 4.78 is 0. The van der Waals surface area contributed by atoms with Crippen molar-refractivity contribution in [2.75, 3.05) is 0 Å². The van der Waals surface area contributed by atoms with Crippen molar-refractivity contribution in [1.29, 1.82) is 0 Å². The largest absolute Gasteiger partial charge is 0.303 e. The molecule has 0 saturated carbocycles. The Labute approximate surface area is 159 Å². The molecule has 0 bridgehead atoms. The van der Waals surface area contributed by atoms with Crippen molar-refractivity contribution in [1.82, 2.24) is 0 Å². The monoisotopic (exact) mass is 350 g/mol. The third kappa shape index (κ3) is 23.4. The SMILES string of the molecule is C=CCCCCCCCCCCCCCCCCCCCCCC=O. The molecule has 0 atom stereocenters. The number of rotatable bonds is 22. The maximum absolute atomic E-state index is 10.2. The number of carbonyl (C=O) groups is 1. The van der Waals surface area contributed by atoms with E-state index in [1.807, 2.05) is 6.08 Å². The number of allylic oxidation sites excluding steroid dienone is 1. The average molecular weight is 351 g/mol. The van der Waals surface area contributed by atoms with Crippen LogP contribution in [0.15, 0.2) is 12.7 Å². The van der Waals surface area contributed by atoms with E-state index in [0.29, 0.717) is 0 Å². The highest BCUT2D eigenvalue weighted by Gasteiger charge is 1.95. The fourth-order valence-electron chi connectivity index (χ4n) is 3.52. The van der Waals surface area contributed by atoms with Gasteiger partial charge in [0, 0.05) is 6.42 Å². The van der Waals surface area contributed by atoms with Crippen molar-refractivity contribution in [3.8, 4) is 0 Å². The van der Waals surface area contributed by atoms with E-state index in [4.69, 9.17) is 0 Å². The van der Waals surface area contributed by atoms with E-state index < -0.39 is 0 Å². The molecule has 0 spiro atoms. The summed E-state index contributed by atoms with van der Waals surface area (Å²) in [4.78, 5) is 10.2. The van der Waals surface area contributed by atoms with Gasteiger partial charge in [0.2, 0.25) is 0 Å². The molecule has 0 heterocycles. The number of aldehydes is 1. The maximum atomic E-state index is 10.2. The molecule has 0 N–H and O–H groups in total. The van der Waals surface area contributed by atoms with Crippen LogP contribution in [0, 0.1) is 0 Å². The molecule has 0 aromatic rings. The van der Waals surface area contributed by atoms with Gasteiger partial charge in [-0.2, -0.15) is 0 Å². The predicted molar refractivity (Wildman–Crippen MR) is 113 cm³/mol. The molecule has 0 radical (unpaired) electrons. The van der Waals surface area contributed by atoms with Gasteiger partial charge in [-0.05, 0) is 19.3 Å². The normalized spacial score (nSPS) is 10.9. The van der Waals surface area contributed by atoms with Crippen LogP contribution in [-0.2, 0) is 4.79 Å². The highest BCUT2D eigenvalue weighted by atomic mass is 16.1.